The molecule has 1 aromatic heterocycles. The van der Waals surface area contributed by atoms with Crippen molar-refractivity contribution in [1.82, 2.24) is 30.0 Å². The van der Waals surface area contributed by atoms with Gasteiger partial charge >= 0.3 is 0 Å². The normalized spacial score (nSPS) is 20.7. The van der Waals surface area contributed by atoms with Gasteiger partial charge in [0.1, 0.15) is 6.54 Å². The van der Waals surface area contributed by atoms with E-state index in [4.69, 9.17) is 0 Å². The second kappa shape index (κ2) is 8.26. The summed E-state index contributed by atoms with van der Waals surface area (Å²) in [4.78, 5) is 19.6. The van der Waals surface area contributed by atoms with E-state index in [1.807, 2.05) is 4.90 Å². The largest absolute Gasteiger partial charge is 0.367 e. The van der Waals surface area contributed by atoms with Gasteiger partial charge in [0.25, 0.3) is 0 Å². The summed E-state index contributed by atoms with van der Waals surface area (Å²) in [6.45, 7) is 9.76. The number of anilines is 1. The number of tetrazole rings is 1. The Morgan fingerprint density at radius 1 is 1.14 bits per heavy atom. The molecule has 2 fully saturated rings. The number of carbonyl (C=O) groups is 1. The Bertz CT molecular complexity index is 814. The van der Waals surface area contributed by atoms with E-state index in [9.17, 15) is 4.79 Å². The summed E-state index contributed by atoms with van der Waals surface area (Å²) in [5.74, 6) is 0.869. The molecule has 0 aliphatic carbocycles. The molecule has 2 aliphatic rings. The number of rotatable bonds is 5. The van der Waals surface area contributed by atoms with Gasteiger partial charge in [-0.1, -0.05) is 18.2 Å². The van der Waals surface area contributed by atoms with Crippen LogP contribution in [0.25, 0.3) is 0 Å². The maximum Gasteiger partial charge on any atom is 0.244 e. The van der Waals surface area contributed by atoms with Gasteiger partial charge in [0, 0.05) is 31.4 Å². The Morgan fingerprint density at radius 2 is 1.93 bits per heavy atom. The van der Waals surface area contributed by atoms with Crippen LogP contribution < -0.4 is 4.90 Å². The molecule has 1 aromatic carbocycles. The molecule has 1 amide bonds. The molecular weight excluding hydrogens is 354 g/mol. The number of aromatic nitrogens is 4. The first-order valence-electron chi connectivity index (χ1n) is 10.2. The first-order chi connectivity index (χ1) is 13.6. The molecule has 2 aliphatic heterocycles. The number of aryl methyl sites for hydroxylation is 1. The summed E-state index contributed by atoms with van der Waals surface area (Å²) < 4.78 is 1.67. The summed E-state index contributed by atoms with van der Waals surface area (Å²) in [6.07, 6.45) is 2.45. The number of hydrogen-bond donors (Lipinski definition) is 0. The van der Waals surface area contributed by atoms with Crippen LogP contribution >= 0.6 is 0 Å². The van der Waals surface area contributed by atoms with Crippen LogP contribution in [0, 0.1) is 6.92 Å². The monoisotopic (exact) mass is 383 g/mol. The Labute approximate surface area is 166 Å². The van der Waals surface area contributed by atoms with Gasteiger partial charge in [0.2, 0.25) is 5.91 Å². The minimum absolute atomic E-state index is 0.0897. The maximum absolute atomic E-state index is 13.0. The SMILES string of the molecule is Cc1ccccc1N1CCN(C(=O)Cn2nnnc2CN2CCCC2)[C@@H](C)C1. The lowest BCUT2D eigenvalue weighted by Gasteiger charge is -2.41. The summed E-state index contributed by atoms with van der Waals surface area (Å²) in [6, 6.07) is 8.58. The van der Waals surface area contributed by atoms with Gasteiger partial charge in [0.05, 0.1) is 6.54 Å². The molecule has 1 atom stereocenters. The molecule has 4 rings (SSSR count). The van der Waals surface area contributed by atoms with E-state index < -0.39 is 0 Å². The van der Waals surface area contributed by atoms with E-state index in [1.165, 1.54) is 24.1 Å². The second-order valence-corrected chi connectivity index (χ2v) is 7.90. The highest BCUT2D eigenvalue weighted by Crippen LogP contribution is 2.23. The van der Waals surface area contributed by atoms with Crippen LogP contribution in [-0.4, -0.2) is 74.7 Å². The number of carbonyl (C=O) groups excluding carboxylic acids is 1. The summed E-state index contributed by atoms with van der Waals surface area (Å²) in [7, 11) is 0. The van der Waals surface area contributed by atoms with Crippen molar-refractivity contribution < 1.29 is 4.79 Å². The van der Waals surface area contributed by atoms with Gasteiger partial charge in [0.15, 0.2) is 5.82 Å². The van der Waals surface area contributed by atoms with Crippen molar-refractivity contribution in [2.24, 2.45) is 0 Å². The van der Waals surface area contributed by atoms with Crippen LogP contribution in [0.4, 0.5) is 5.69 Å². The molecule has 28 heavy (non-hydrogen) atoms. The van der Waals surface area contributed by atoms with Gasteiger partial charge in [-0.3, -0.25) is 9.69 Å². The molecule has 0 spiro atoms. The number of hydrogen-bond acceptors (Lipinski definition) is 6. The van der Waals surface area contributed by atoms with Crippen molar-refractivity contribution in [1.29, 1.82) is 0 Å². The van der Waals surface area contributed by atoms with Gasteiger partial charge in [-0.05, 0) is 61.8 Å². The van der Waals surface area contributed by atoms with Gasteiger partial charge in [-0.25, -0.2) is 4.68 Å². The molecule has 0 radical (unpaired) electrons. The Morgan fingerprint density at radius 3 is 2.68 bits per heavy atom. The molecule has 0 unspecified atom stereocenters. The molecule has 2 saturated heterocycles. The molecular formula is C20H29N7O. The van der Waals surface area contributed by atoms with Crippen LogP contribution in [0.2, 0.25) is 0 Å². The summed E-state index contributed by atoms with van der Waals surface area (Å²) >= 11 is 0. The van der Waals surface area contributed by atoms with Crippen molar-refractivity contribution in [3.05, 3.63) is 35.7 Å². The zero-order chi connectivity index (χ0) is 19.5. The molecule has 3 heterocycles. The van der Waals surface area contributed by atoms with Crippen LogP contribution in [0.15, 0.2) is 24.3 Å². The van der Waals surface area contributed by atoms with Crippen molar-refractivity contribution >= 4 is 11.6 Å². The quantitative estimate of drug-likeness (QED) is 0.776. The molecule has 2 aromatic rings. The number of likely N-dealkylation sites (tertiary alicyclic amines) is 1. The predicted octanol–water partition coefficient (Wildman–Crippen LogP) is 1.31. The zero-order valence-electron chi connectivity index (χ0n) is 16.8. The summed E-state index contributed by atoms with van der Waals surface area (Å²) in [5.41, 5.74) is 2.53. The van der Waals surface area contributed by atoms with Crippen LogP contribution in [0.3, 0.4) is 0 Å². The van der Waals surface area contributed by atoms with Gasteiger partial charge in [-0.2, -0.15) is 0 Å². The first kappa shape index (κ1) is 18.9. The van der Waals surface area contributed by atoms with Crippen LogP contribution in [0.1, 0.15) is 31.2 Å². The van der Waals surface area contributed by atoms with Crippen LogP contribution in [0.5, 0.6) is 0 Å². The topological polar surface area (TPSA) is 70.4 Å². The van der Waals surface area contributed by atoms with E-state index in [0.29, 0.717) is 0 Å². The third-order valence-electron chi connectivity index (χ3n) is 5.86. The fourth-order valence-corrected chi connectivity index (χ4v) is 4.28. The van der Waals surface area contributed by atoms with Crippen molar-refractivity contribution in [3.63, 3.8) is 0 Å². The molecule has 8 heteroatoms. The molecule has 0 bridgehead atoms. The van der Waals surface area contributed by atoms with E-state index >= 15 is 0 Å². The number of para-hydroxylation sites is 1. The third kappa shape index (κ3) is 4.01. The molecule has 0 saturated carbocycles. The standard InChI is InChI=1S/C20H29N7O/c1-16-7-3-4-8-18(16)25-11-12-26(17(2)13-25)20(28)15-27-19(21-22-23-27)14-24-9-5-6-10-24/h3-4,7-8,17H,5-6,9-15H2,1-2H3/t17-/m0/s1. The highest BCUT2D eigenvalue weighted by molar-refractivity contribution is 5.76. The highest BCUT2D eigenvalue weighted by atomic mass is 16.2. The van der Waals surface area contributed by atoms with E-state index in [2.05, 4.69) is 63.4 Å². The molecule has 8 nitrogen and oxygen atoms in total. The van der Waals surface area contributed by atoms with Crippen molar-refractivity contribution in [2.75, 3.05) is 37.6 Å². The Kier molecular flexibility index (Phi) is 5.57. The number of amides is 1. The van der Waals surface area contributed by atoms with E-state index in [0.717, 1.165) is 45.1 Å². The van der Waals surface area contributed by atoms with E-state index in [1.54, 1.807) is 4.68 Å². The summed E-state index contributed by atoms with van der Waals surface area (Å²) in [5, 5.41) is 12.0. The lowest BCUT2D eigenvalue weighted by molar-refractivity contribution is -0.134. The molecule has 150 valence electrons. The minimum atomic E-state index is 0.0897. The maximum atomic E-state index is 13.0. The Hall–Kier alpha value is -2.48. The molecule has 0 N–H and O–H groups in total. The number of nitrogens with zero attached hydrogens (tertiary/aromatic N) is 7. The average molecular weight is 384 g/mol. The second-order valence-electron chi connectivity index (χ2n) is 7.90. The Balaban J connectivity index is 1.37. The minimum Gasteiger partial charge on any atom is -0.367 e. The first-order valence-corrected chi connectivity index (χ1v) is 10.2. The lowest BCUT2D eigenvalue weighted by atomic mass is 10.1. The number of benzene rings is 1. The smallest absolute Gasteiger partial charge is 0.244 e. The third-order valence-corrected chi connectivity index (χ3v) is 5.86. The predicted molar refractivity (Wildman–Crippen MR) is 107 cm³/mol. The number of piperazine rings is 1. The fourth-order valence-electron chi connectivity index (χ4n) is 4.28. The fraction of sp³-hybridized carbons (Fsp3) is 0.600. The lowest BCUT2D eigenvalue weighted by Crippen LogP contribution is -2.55. The van der Waals surface area contributed by atoms with E-state index in [-0.39, 0.29) is 18.5 Å². The van der Waals surface area contributed by atoms with Gasteiger partial charge < -0.3 is 9.80 Å². The van der Waals surface area contributed by atoms with Crippen LogP contribution in [-0.2, 0) is 17.9 Å². The van der Waals surface area contributed by atoms with Crippen molar-refractivity contribution in [3.8, 4) is 0 Å². The van der Waals surface area contributed by atoms with Crippen molar-refractivity contribution in [2.45, 2.75) is 45.8 Å². The average Bonchev–Trinajstić information content (AvgIpc) is 3.35. The zero-order valence-corrected chi connectivity index (χ0v) is 16.8. The highest BCUT2D eigenvalue weighted by Gasteiger charge is 2.29. The van der Waals surface area contributed by atoms with Gasteiger partial charge in [-0.15, -0.1) is 5.10 Å².